The Bertz CT molecular complexity index is 427. The van der Waals surface area contributed by atoms with Gasteiger partial charge in [-0.3, -0.25) is 4.79 Å². The van der Waals surface area contributed by atoms with E-state index in [9.17, 15) is 9.90 Å². The first kappa shape index (κ1) is 14.8. The first-order valence-corrected chi connectivity index (χ1v) is 6.80. The van der Waals surface area contributed by atoms with Crippen LogP contribution in [-0.2, 0) is 4.79 Å². The molecule has 110 valence electrons. The van der Waals surface area contributed by atoms with Crippen molar-refractivity contribution >= 4 is 11.6 Å². The second-order valence-electron chi connectivity index (χ2n) is 4.87. The van der Waals surface area contributed by atoms with Crippen molar-refractivity contribution in [1.82, 2.24) is 10.6 Å². The van der Waals surface area contributed by atoms with Gasteiger partial charge in [-0.2, -0.15) is 0 Å². The summed E-state index contributed by atoms with van der Waals surface area (Å²) in [6.07, 6.45) is -0.909. The summed E-state index contributed by atoms with van der Waals surface area (Å²) in [6, 6.07) is 9.65. The Kier molecular flexibility index (Phi) is 5.34. The number of hydrogen-bond donors (Lipinski definition) is 4. The fourth-order valence-electron chi connectivity index (χ4n) is 2.21. The molecule has 2 atom stereocenters. The molecule has 1 aromatic rings. The van der Waals surface area contributed by atoms with E-state index in [1.807, 2.05) is 30.3 Å². The molecular formula is C14H21N3O3. The van der Waals surface area contributed by atoms with Crippen LogP contribution in [0.3, 0.4) is 0 Å². The van der Waals surface area contributed by atoms with Crippen LogP contribution in [0.1, 0.15) is 0 Å². The van der Waals surface area contributed by atoms with Gasteiger partial charge in [0.2, 0.25) is 5.91 Å². The highest BCUT2D eigenvalue weighted by Crippen LogP contribution is 2.14. The third kappa shape index (κ3) is 3.93. The molecule has 6 nitrogen and oxygen atoms in total. The summed E-state index contributed by atoms with van der Waals surface area (Å²) in [5.74, 6) is -0.155. The number of nitrogens with one attached hydrogen (secondary N) is 2. The molecule has 0 aromatic heterocycles. The third-order valence-corrected chi connectivity index (χ3v) is 3.34. The van der Waals surface area contributed by atoms with E-state index in [0.717, 1.165) is 18.8 Å². The lowest BCUT2D eigenvalue weighted by Gasteiger charge is -2.34. The minimum absolute atomic E-state index is 0.0683. The number of hydrogen-bond acceptors (Lipinski definition) is 5. The average Bonchev–Trinajstić information content (AvgIpc) is 2.53. The van der Waals surface area contributed by atoms with Gasteiger partial charge >= 0.3 is 0 Å². The van der Waals surface area contributed by atoms with E-state index in [1.165, 1.54) is 0 Å². The molecule has 1 saturated heterocycles. The number of rotatable bonds is 5. The number of carbonyl (C=O) groups excluding carboxylic acids is 1. The largest absolute Gasteiger partial charge is 0.394 e. The van der Waals surface area contributed by atoms with Crippen LogP contribution in [0.15, 0.2) is 30.3 Å². The van der Waals surface area contributed by atoms with Crippen LogP contribution in [0.25, 0.3) is 0 Å². The van der Waals surface area contributed by atoms with Gasteiger partial charge in [0, 0.05) is 31.9 Å². The van der Waals surface area contributed by atoms with Crippen molar-refractivity contribution in [1.29, 1.82) is 0 Å². The Hall–Kier alpha value is -1.63. The van der Waals surface area contributed by atoms with Gasteiger partial charge in [-0.15, -0.1) is 0 Å². The summed E-state index contributed by atoms with van der Waals surface area (Å²) in [5.41, 5.74) is 1.10. The molecule has 1 amide bonds. The Morgan fingerprint density at radius 2 is 2.20 bits per heavy atom. The maximum atomic E-state index is 12.0. The molecule has 1 aliphatic heterocycles. The topological polar surface area (TPSA) is 84.8 Å². The molecule has 0 saturated carbocycles. The van der Waals surface area contributed by atoms with Crippen LogP contribution >= 0.6 is 0 Å². The highest BCUT2D eigenvalue weighted by atomic mass is 16.3. The van der Waals surface area contributed by atoms with Crippen LogP contribution in [-0.4, -0.2) is 61.1 Å². The Morgan fingerprint density at radius 3 is 2.90 bits per heavy atom. The van der Waals surface area contributed by atoms with Crippen molar-refractivity contribution in [3.05, 3.63) is 30.3 Å². The lowest BCUT2D eigenvalue weighted by atomic mass is 10.1. The van der Waals surface area contributed by atoms with Crippen molar-refractivity contribution in [2.75, 3.05) is 37.7 Å². The number of nitrogens with zero attached hydrogens (tertiary/aromatic N) is 1. The normalized spacial score (nSPS) is 20.5. The molecule has 0 spiro atoms. The molecule has 1 aliphatic rings. The predicted octanol–water partition coefficient (Wildman–Crippen LogP) is -1.07. The van der Waals surface area contributed by atoms with Crippen molar-refractivity contribution < 1.29 is 15.0 Å². The van der Waals surface area contributed by atoms with E-state index in [1.54, 1.807) is 0 Å². The van der Waals surface area contributed by atoms with Gasteiger partial charge in [-0.05, 0) is 12.1 Å². The number of benzene rings is 1. The Balaban J connectivity index is 1.88. The number of amides is 1. The van der Waals surface area contributed by atoms with Crippen LogP contribution in [0.5, 0.6) is 0 Å². The lowest BCUT2D eigenvalue weighted by Crippen LogP contribution is -2.58. The molecule has 0 aliphatic carbocycles. The number of aliphatic hydroxyl groups is 2. The molecule has 1 aromatic carbocycles. The number of piperazine rings is 1. The maximum absolute atomic E-state index is 12.0. The van der Waals surface area contributed by atoms with Gasteiger partial charge in [-0.25, -0.2) is 0 Å². The third-order valence-electron chi connectivity index (χ3n) is 3.34. The minimum atomic E-state index is -0.909. The van der Waals surface area contributed by atoms with Crippen LogP contribution in [0.2, 0.25) is 0 Å². The smallest absolute Gasteiger partial charge is 0.239 e. The summed E-state index contributed by atoms with van der Waals surface area (Å²) >= 11 is 0. The monoisotopic (exact) mass is 279 g/mol. The second-order valence-corrected chi connectivity index (χ2v) is 4.87. The predicted molar refractivity (Wildman–Crippen MR) is 76.5 cm³/mol. The lowest BCUT2D eigenvalue weighted by molar-refractivity contribution is -0.123. The maximum Gasteiger partial charge on any atom is 0.239 e. The number of para-hydroxylation sites is 1. The number of aliphatic hydroxyl groups excluding tert-OH is 2. The van der Waals surface area contributed by atoms with Crippen molar-refractivity contribution in [3.63, 3.8) is 0 Å². The minimum Gasteiger partial charge on any atom is -0.394 e. The van der Waals surface area contributed by atoms with Crippen molar-refractivity contribution in [2.24, 2.45) is 0 Å². The molecule has 20 heavy (non-hydrogen) atoms. The van der Waals surface area contributed by atoms with Crippen molar-refractivity contribution in [3.8, 4) is 0 Å². The highest BCUT2D eigenvalue weighted by molar-refractivity contribution is 5.82. The van der Waals surface area contributed by atoms with Crippen LogP contribution in [0, 0.1) is 0 Å². The zero-order chi connectivity index (χ0) is 14.4. The molecule has 1 heterocycles. The first-order valence-electron chi connectivity index (χ1n) is 6.80. The zero-order valence-electron chi connectivity index (χ0n) is 11.3. The molecule has 4 N–H and O–H groups in total. The van der Waals surface area contributed by atoms with E-state index in [2.05, 4.69) is 15.5 Å². The molecule has 2 rings (SSSR count). The van der Waals surface area contributed by atoms with Crippen LogP contribution in [0.4, 0.5) is 5.69 Å². The quantitative estimate of drug-likeness (QED) is 0.552. The van der Waals surface area contributed by atoms with Crippen molar-refractivity contribution in [2.45, 2.75) is 12.1 Å². The van der Waals surface area contributed by atoms with Gasteiger partial charge in [0.15, 0.2) is 0 Å². The standard InChI is InChI=1S/C14H21N3O3/c18-10-12(19)8-16-14(20)13-9-17(7-6-15-13)11-4-2-1-3-5-11/h1-5,12-13,15,18-19H,6-10H2,(H,16,20). The van der Waals surface area contributed by atoms with Gasteiger partial charge in [0.1, 0.15) is 6.04 Å². The summed E-state index contributed by atoms with van der Waals surface area (Å²) in [4.78, 5) is 14.2. The highest BCUT2D eigenvalue weighted by Gasteiger charge is 2.25. The second kappa shape index (κ2) is 7.23. The number of anilines is 1. The van der Waals surface area contributed by atoms with E-state index >= 15 is 0 Å². The van der Waals surface area contributed by atoms with Gasteiger partial charge in [0.05, 0.1) is 12.7 Å². The molecular weight excluding hydrogens is 258 g/mol. The van der Waals surface area contributed by atoms with E-state index < -0.39 is 6.10 Å². The fourth-order valence-corrected chi connectivity index (χ4v) is 2.21. The van der Waals surface area contributed by atoms with Gasteiger partial charge < -0.3 is 25.7 Å². The first-order chi connectivity index (χ1) is 9.70. The molecule has 6 heteroatoms. The summed E-state index contributed by atoms with van der Waals surface area (Å²) < 4.78 is 0. The Morgan fingerprint density at radius 1 is 1.45 bits per heavy atom. The molecule has 0 bridgehead atoms. The number of carbonyl (C=O) groups is 1. The summed E-state index contributed by atoms with van der Waals surface area (Å²) in [5, 5.41) is 23.8. The van der Waals surface area contributed by atoms with E-state index in [-0.39, 0.29) is 25.1 Å². The van der Waals surface area contributed by atoms with Crippen LogP contribution < -0.4 is 15.5 Å². The summed E-state index contributed by atoms with van der Waals surface area (Å²) in [7, 11) is 0. The zero-order valence-corrected chi connectivity index (χ0v) is 11.3. The van der Waals surface area contributed by atoms with E-state index in [0.29, 0.717) is 6.54 Å². The molecule has 1 fully saturated rings. The van der Waals surface area contributed by atoms with Gasteiger partial charge in [-0.1, -0.05) is 18.2 Å². The summed E-state index contributed by atoms with van der Waals surface area (Å²) in [6.45, 7) is 1.89. The van der Waals surface area contributed by atoms with E-state index in [4.69, 9.17) is 5.11 Å². The Labute approximate surface area is 118 Å². The molecule has 2 unspecified atom stereocenters. The van der Waals surface area contributed by atoms with Gasteiger partial charge in [0.25, 0.3) is 0 Å². The molecule has 0 radical (unpaired) electrons. The fraction of sp³-hybridized carbons (Fsp3) is 0.500. The SMILES string of the molecule is O=C(NCC(O)CO)C1CN(c2ccccc2)CCN1. The average molecular weight is 279 g/mol.